The van der Waals surface area contributed by atoms with Gasteiger partial charge >= 0.3 is 5.97 Å². The Balaban J connectivity index is 1.60. The molecule has 3 atom stereocenters. The van der Waals surface area contributed by atoms with Crippen molar-refractivity contribution in [2.45, 2.75) is 32.6 Å². The van der Waals surface area contributed by atoms with E-state index < -0.39 is 0 Å². The van der Waals surface area contributed by atoms with Crippen molar-refractivity contribution in [2.24, 2.45) is 17.8 Å². The SMILES string of the molecule is COC(=O)c1ccc(CCC[C@H]2C(=O)C[C@@H](C)[C@@H]2C#Cc2ccccc2)s1. The molecule has 3 nitrogen and oxygen atoms in total. The normalized spacial score (nSPS) is 21.6. The van der Waals surface area contributed by atoms with Gasteiger partial charge in [-0.25, -0.2) is 4.79 Å². The molecule has 1 aliphatic rings. The largest absolute Gasteiger partial charge is 0.465 e. The van der Waals surface area contributed by atoms with Gasteiger partial charge in [0.1, 0.15) is 10.7 Å². The van der Waals surface area contributed by atoms with Crippen LogP contribution in [0.1, 0.15) is 46.3 Å². The van der Waals surface area contributed by atoms with Crippen LogP contribution in [0.3, 0.4) is 0 Å². The first-order valence-corrected chi connectivity index (χ1v) is 10.2. The molecule has 0 saturated heterocycles. The molecule has 0 aliphatic heterocycles. The first kappa shape index (κ1) is 19.4. The van der Waals surface area contributed by atoms with Gasteiger partial charge in [-0.05, 0) is 49.4 Å². The lowest BCUT2D eigenvalue weighted by Gasteiger charge is -2.15. The Hall–Kier alpha value is -2.38. The van der Waals surface area contributed by atoms with Gasteiger partial charge < -0.3 is 4.74 Å². The molecule has 1 fully saturated rings. The van der Waals surface area contributed by atoms with Crippen molar-refractivity contribution in [3.05, 3.63) is 57.8 Å². The summed E-state index contributed by atoms with van der Waals surface area (Å²) < 4.78 is 4.75. The standard InChI is InChI=1S/C23H24O3S/c1-16-15-21(24)20(19(16)13-11-17-7-4-3-5-8-17)10-6-9-18-12-14-22(27-18)23(25)26-2/h3-5,7-8,12,14,16,19-20H,6,9-10,15H2,1-2H3/t16-,19+,20-/m1/s1. The number of aryl methyl sites for hydroxylation is 1. The van der Waals surface area contributed by atoms with Crippen LogP contribution in [0.2, 0.25) is 0 Å². The Morgan fingerprint density at radius 1 is 1.22 bits per heavy atom. The van der Waals surface area contributed by atoms with E-state index >= 15 is 0 Å². The van der Waals surface area contributed by atoms with Gasteiger partial charge in [0.25, 0.3) is 0 Å². The summed E-state index contributed by atoms with van der Waals surface area (Å²) in [6, 6.07) is 13.7. The lowest BCUT2D eigenvalue weighted by Crippen LogP contribution is -2.15. The minimum atomic E-state index is -0.290. The molecule has 0 radical (unpaired) electrons. The lowest BCUT2D eigenvalue weighted by molar-refractivity contribution is -0.121. The van der Waals surface area contributed by atoms with Gasteiger partial charge in [-0.1, -0.05) is 37.0 Å². The molecule has 140 valence electrons. The molecule has 1 aromatic carbocycles. The summed E-state index contributed by atoms with van der Waals surface area (Å²) in [5.74, 6) is 7.14. The number of Topliss-reactive ketones (excluding diaryl/α,β-unsaturated/α-hetero) is 1. The highest BCUT2D eigenvalue weighted by atomic mass is 32.1. The van der Waals surface area contributed by atoms with Gasteiger partial charge in [-0.15, -0.1) is 11.3 Å². The van der Waals surface area contributed by atoms with Gasteiger partial charge in [-0.3, -0.25) is 4.79 Å². The number of hydrogen-bond donors (Lipinski definition) is 0. The van der Waals surface area contributed by atoms with E-state index in [9.17, 15) is 9.59 Å². The molecule has 27 heavy (non-hydrogen) atoms. The van der Waals surface area contributed by atoms with Crippen LogP contribution >= 0.6 is 11.3 Å². The monoisotopic (exact) mass is 380 g/mol. The number of rotatable bonds is 5. The molecular weight excluding hydrogens is 356 g/mol. The van der Waals surface area contributed by atoms with Crippen molar-refractivity contribution >= 4 is 23.1 Å². The van der Waals surface area contributed by atoms with Crippen LogP contribution in [-0.2, 0) is 16.0 Å². The highest BCUT2D eigenvalue weighted by Gasteiger charge is 2.38. The maximum atomic E-state index is 12.5. The van der Waals surface area contributed by atoms with Gasteiger partial charge in [0.05, 0.1) is 7.11 Å². The van der Waals surface area contributed by atoms with Gasteiger partial charge in [0, 0.05) is 28.7 Å². The summed E-state index contributed by atoms with van der Waals surface area (Å²) in [5, 5.41) is 0. The second-order valence-electron chi connectivity index (χ2n) is 7.07. The summed E-state index contributed by atoms with van der Waals surface area (Å²) in [5.41, 5.74) is 0.997. The highest BCUT2D eigenvalue weighted by Crippen LogP contribution is 2.37. The third kappa shape index (κ3) is 4.87. The minimum absolute atomic E-state index is 0.0243. The van der Waals surface area contributed by atoms with E-state index in [0.717, 1.165) is 29.7 Å². The number of carbonyl (C=O) groups is 2. The Bertz CT molecular complexity index is 856. The summed E-state index contributed by atoms with van der Waals surface area (Å²) in [6.07, 6.45) is 3.28. The first-order chi connectivity index (χ1) is 13.1. The maximum Gasteiger partial charge on any atom is 0.348 e. The molecule has 0 spiro atoms. The van der Waals surface area contributed by atoms with E-state index in [0.29, 0.717) is 23.0 Å². The summed E-state index contributed by atoms with van der Waals surface area (Å²) in [7, 11) is 1.39. The number of methoxy groups -OCH3 is 1. The zero-order valence-electron chi connectivity index (χ0n) is 15.7. The predicted molar refractivity (Wildman–Crippen MR) is 108 cm³/mol. The first-order valence-electron chi connectivity index (χ1n) is 9.35. The second-order valence-corrected chi connectivity index (χ2v) is 8.23. The van der Waals surface area contributed by atoms with Gasteiger partial charge in [0.15, 0.2) is 0 Å². The van der Waals surface area contributed by atoms with Crippen LogP contribution in [0.5, 0.6) is 0 Å². The number of ether oxygens (including phenoxy) is 1. The number of thiophene rings is 1. The smallest absolute Gasteiger partial charge is 0.348 e. The summed E-state index contributed by atoms with van der Waals surface area (Å²) in [6.45, 7) is 2.13. The molecule has 0 N–H and O–H groups in total. The van der Waals surface area contributed by atoms with Crippen LogP contribution in [0, 0.1) is 29.6 Å². The van der Waals surface area contributed by atoms with Crippen LogP contribution in [0.25, 0.3) is 0 Å². The molecule has 2 aromatic rings. The average Bonchev–Trinajstić information content (AvgIpc) is 3.25. The quantitative estimate of drug-likeness (QED) is 0.555. The number of benzene rings is 1. The Labute approximate surface area is 164 Å². The van der Waals surface area contributed by atoms with Gasteiger partial charge in [-0.2, -0.15) is 0 Å². The molecule has 1 aliphatic carbocycles. The average molecular weight is 381 g/mol. The van der Waals surface area contributed by atoms with E-state index in [1.807, 2.05) is 42.5 Å². The number of esters is 1. The van der Waals surface area contributed by atoms with E-state index in [-0.39, 0.29) is 17.8 Å². The third-order valence-electron chi connectivity index (χ3n) is 5.13. The summed E-state index contributed by atoms with van der Waals surface area (Å²) in [4.78, 5) is 25.8. The van der Waals surface area contributed by atoms with Crippen molar-refractivity contribution in [3.8, 4) is 11.8 Å². The number of ketones is 1. The molecule has 1 heterocycles. The highest BCUT2D eigenvalue weighted by molar-refractivity contribution is 7.13. The Kier molecular flexibility index (Phi) is 6.47. The zero-order valence-corrected chi connectivity index (χ0v) is 16.6. The third-order valence-corrected chi connectivity index (χ3v) is 6.25. The van der Waals surface area contributed by atoms with Crippen molar-refractivity contribution in [1.82, 2.24) is 0 Å². The molecular formula is C23H24O3S. The molecule has 1 saturated carbocycles. The molecule has 0 unspecified atom stereocenters. The Morgan fingerprint density at radius 3 is 2.74 bits per heavy atom. The van der Waals surface area contributed by atoms with Crippen LogP contribution < -0.4 is 0 Å². The van der Waals surface area contributed by atoms with E-state index in [2.05, 4.69) is 18.8 Å². The van der Waals surface area contributed by atoms with E-state index in [1.54, 1.807) is 0 Å². The molecule has 1 aromatic heterocycles. The topological polar surface area (TPSA) is 43.4 Å². The molecule has 4 heteroatoms. The Morgan fingerprint density at radius 2 is 2.00 bits per heavy atom. The fraction of sp³-hybridized carbons (Fsp3) is 0.391. The van der Waals surface area contributed by atoms with Crippen molar-refractivity contribution in [1.29, 1.82) is 0 Å². The minimum Gasteiger partial charge on any atom is -0.465 e. The van der Waals surface area contributed by atoms with Crippen LogP contribution in [0.4, 0.5) is 0 Å². The van der Waals surface area contributed by atoms with Crippen LogP contribution in [-0.4, -0.2) is 18.9 Å². The molecule has 0 bridgehead atoms. The number of carbonyl (C=O) groups excluding carboxylic acids is 2. The van der Waals surface area contributed by atoms with Crippen molar-refractivity contribution in [2.75, 3.05) is 7.11 Å². The van der Waals surface area contributed by atoms with E-state index in [4.69, 9.17) is 4.74 Å². The van der Waals surface area contributed by atoms with Crippen molar-refractivity contribution < 1.29 is 14.3 Å². The van der Waals surface area contributed by atoms with E-state index in [1.165, 1.54) is 18.4 Å². The lowest BCUT2D eigenvalue weighted by atomic mass is 9.87. The fourth-order valence-electron chi connectivity index (χ4n) is 3.68. The zero-order chi connectivity index (χ0) is 19.2. The predicted octanol–water partition coefficient (Wildman–Crippen LogP) is 4.75. The molecule has 0 amide bonds. The van der Waals surface area contributed by atoms with Crippen LogP contribution in [0.15, 0.2) is 42.5 Å². The maximum absolute atomic E-state index is 12.5. The van der Waals surface area contributed by atoms with Gasteiger partial charge in [0.2, 0.25) is 0 Å². The number of hydrogen-bond acceptors (Lipinski definition) is 4. The fourth-order valence-corrected chi connectivity index (χ4v) is 4.65. The van der Waals surface area contributed by atoms with Crippen molar-refractivity contribution in [3.63, 3.8) is 0 Å². The molecule has 3 rings (SSSR count). The summed E-state index contributed by atoms with van der Waals surface area (Å²) >= 11 is 1.47. The second kappa shape index (κ2) is 9.01.